The Balaban J connectivity index is 3.49. The smallest absolute Gasteiger partial charge is 0.138 e. The van der Waals surface area contributed by atoms with Crippen molar-refractivity contribution < 1.29 is 4.39 Å². The second-order valence-corrected chi connectivity index (χ2v) is 1.02. The Bertz CT molecular complexity index is 86.1. The highest BCUT2D eigenvalue weighted by Gasteiger charge is 1.76. The molecule has 0 saturated heterocycles. The molecule has 0 saturated carbocycles. The lowest BCUT2D eigenvalue weighted by Crippen LogP contribution is -1.91. The molecule has 7 heavy (non-hydrogen) atoms. The molecule has 0 aliphatic rings. The molecule has 0 unspecified atom stereocenters. The van der Waals surface area contributed by atoms with Gasteiger partial charge in [-0.3, -0.25) is 0 Å². The first-order valence-corrected chi connectivity index (χ1v) is 1.96. The van der Waals surface area contributed by atoms with Gasteiger partial charge in [-0.05, 0) is 6.08 Å². The minimum absolute atomic E-state index is 0.345. The molecule has 1 nitrogen and oxygen atoms in total. The topological polar surface area (TPSA) is 12.0 Å². The summed E-state index contributed by atoms with van der Waals surface area (Å²) in [6.45, 7) is 3.20. The van der Waals surface area contributed by atoms with Crippen molar-refractivity contribution in [1.82, 2.24) is 5.32 Å². The van der Waals surface area contributed by atoms with Gasteiger partial charge in [0.05, 0.1) is 0 Å². The quantitative estimate of drug-likeness (QED) is 0.515. The van der Waals surface area contributed by atoms with Gasteiger partial charge >= 0.3 is 0 Å². The summed E-state index contributed by atoms with van der Waals surface area (Å²) in [4.78, 5) is 0. The van der Waals surface area contributed by atoms with Gasteiger partial charge in [-0.2, -0.15) is 0 Å². The van der Waals surface area contributed by atoms with E-state index in [2.05, 4.69) is 11.9 Å². The first-order valence-electron chi connectivity index (χ1n) is 1.96. The molecule has 0 aromatic rings. The van der Waals surface area contributed by atoms with Crippen molar-refractivity contribution in [3.63, 3.8) is 0 Å². The molecule has 0 fully saturated rings. The molecule has 0 aliphatic heterocycles. The van der Waals surface area contributed by atoms with Crippen LogP contribution in [-0.2, 0) is 0 Å². The van der Waals surface area contributed by atoms with Crippen molar-refractivity contribution in [2.24, 2.45) is 0 Å². The molecule has 0 aromatic heterocycles. The third-order valence-electron chi connectivity index (χ3n) is 0.477. The predicted octanol–water partition coefficient (Wildman–Crippen LogP) is 1.20. The third-order valence-corrected chi connectivity index (χ3v) is 0.477. The number of hydrogen-bond acceptors (Lipinski definition) is 1. The monoisotopic (exact) mass is 101 g/mol. The van der Waals surface area contributed by atoms with Crippen LogP contribution in [0.4, 0.5) is 4.39 Å². The average molecular weight is 101 g/mol. The van der Waals surface area contributed by atoms with Gasteiger partial charge in [-0.25, -0.2) is 4.39 Å². The Hall–Kier alpha value is -0.790. The fourth-order valence-corrected chi connectivity index (χ4v) is 0.197. The molecular weight excluding hydrogens is 93.1 g/mol. The van der Waals surface area contributed by atoms with Crippen LogP contribution in [0.3, 0.4) is 0 Å². The fraction of sp³-hybridized carbons (Fsp3) is 0.200. The maximum atomic E-state index is 11.8. The molecule has 0 spiro atoms. The molecule has 1 N–H and O–H groups in total. The first kappa shape index (κ1) is 6.21. The summed E-state index contributed by atoms with van der Waals surface area (Å²) in [5.41, 5.74) is 0. The van der Waals surface area contributed by atoms with E-state index in [1.807, 2.05) is 0 Å². The zero-order chi connectivity index (χ0) is 5.70. The minimum atomic E-state index is -0.345. The molecule has 0 aromatic carbocycles. The highest BCUT2D eigenvalue weighted by Crippen LogP contribution is 1.91. The van der Waals surface area contributed by atoms with E-state index in [0.717, 1.165) is 6.08 Å². The zero-order valence-electron chi connectivity index (χ0n) is 4.24. The maximum Gasteiger partial charge on any atom is 0.138 e. The highest BCUT2D eigenvalue weighted by molar-refractivity contribution is 5.05. The second-order valence-electron chi connectivity index (χ2n) is 1.02. The number of hydrogen-bond donors (Lipinski definition) is 1. The van der Waals surface area contributed by atoms with Crippen LogP contribution in [-0.4, -0.2) is 7.05 Å². The van der Waals surface area contributed by atoms with Crippen molar-refractivity contribution in [3.8, 4) is 0 Å². The molecule has 0 heterocycles. The van der Waals surface area contributed by atoms with Crippen LogP contribution in [0, 0.1) is 0 Å². The Labute approximate surface area is 42.5 Å². The molecular formula is C5H8FN. The third kappa shape index (κ3) is 3.03. The molecule has 2 heteroatoms. The van der Waals surface area contributed by atoms with E-state index in [0.29, 0.717) is 0 Å². The summed E-state index contributed by atoms with van der Waals surface area (Å²) in [6, 6.07) is 0. The van der Waals surface area contributed by atoms with Crippen molar-refractivity contribution >= 4 is 0 Å². The standard InChI is InChI=1S/C5H8FN/c1-3-5(6)4-7-2/h3-4,7H,1H2,2H3/b5-4-. The van der Waals surface area contributed by atoms with Gasteiger partial charge in [0.1, 0.15) is 5.83 Å². The van der Waals surface area contributed by atoms with E-state index < -0.39 is 0 Å². The van der Waals surface area contributed by atoms with Crippen LogP contribution >= 0.6 is 0 Å². The van der Waals surface area contributed by atoms with E-state index >= 15 is 0 Å². The first-order chi connectivity index (χ1) is 3.31. The Kier molecular flexibility index (Phi) is 3.02. The lowest BCUT2D eigenvalue weighted by Gasteiger charge is -1.83. The number of nitrogens with one attached hydrogen (secondary N) is 1. The van der Waals surface area contributed by atoms with Crippen LogP contribution in [0.2, 0.25) is 0 Å². The van der Waals surface area contributed by atoms with Gasteiger partial charge < -0.3 is 5.32 Å². The second kappa shape index (κ2) is 3.40. The van der Waals surface area contributed by atoms with Gasteiger partial charge in [0.15, 0.2) is 0 Å². The molecule has 40 valence electrons. The zero-order valence-corrected chi connectivity index (χ0v) is 4.24. The molecule has 0 rings (SSSR count). The van der Waals surface area contributed by atoms with Crippen molar-refractivity contribution in [3.05, 3.63) is 24.7 Å². The van der Waals surface area contributed by atoms with E-state index in [4.69, 9.17) is 0 Å². The summed E-state index contributed by atoms with van der Waals surface area (Å²) in [5.74, 6) is -0.345. The number of rotatable bonds is 2. The molecule has 0 bridgehead atoms. The number of halogens is 1. The average Bonchev–Trinajstić information content (AvgIpc) is 1.68. The molecule has 0 aliphatic carbocycles. The van der Waals surface area contributed by atoms with Gasteiger partial charge in [-0.1, -0.05) is 6.58 Å². The summed E-state index contributed by atoms with van der Waals surface area (Å²) >= 11 is 0. The Morgan fingerprint density at radius 3 is 2.57 bits per heavy atom. The van der Waals surface area contributed by atoms with Crippen LogP contribution in [0.1, 0.15) is 0 Å². The SMILES string of the molecule is C=C/C(F)=C/NC. The van der Waals surface area contributed by atoms with Crippen LogP contribution in [0.15, 0.2) is 24.7 Å². The normalized spacial score (nSPS) is 10.9. The largest absolute Gasteiger partial charge is 0.392 e. The van der Waals surface area contributed by atoms with E-state index in [1.54, 1.807) is 7.05 Å². The molecule has 0 atom stereocenters. The maximum absolute atomic E-state index is 11.8. The van der Waals surface area contributed by atoms with Crippen LogP contribution < -0.4 is 5.32 Å². The summed E-state index contributed by atoms with van der Waals surface area (Å²) in [6.07, 6.45) is 2.36. The van der Waals surface area contributed by atoms with Crippen molar-refractivity contribution in [2.45, 2.75) is 0 Å². The lowest BCUT2D eigenvalue weighted by molar-refractivity contribution is 0.658. The van der Waals surface area contributed by atoms with Crippen LogP contribution in [0.5, 0.6) is 0 Å². The van der Waals surface area contributed by atoms with Gasteiger partial charge in [0, 0.05) is 13.2 Å². The Morgan fingerprint density at radius 2 is 2.43 bits per heavy atom. The highest BCUT2D eigenvalue weighted by atomic mass is 19.1. The van der Waals surface area contributed by atoms with E-state index in [1.165, 1.54) is 6.20 Å². The van der Waals surface area contributed by atoms with Gasteiger partial charge in [0.2, 0.25) is 0 Å². The van der Waals surface area contributed by atoms with Gasteiger partial charge in [0.25, 0.3) is 0 Å². The van der Waals surface area contributed by atoms with Crippen molar-refractivity contribution in [2.75, 3.05) is 7.05 Å². The summed E-state index contributed by atoms with van der Waals surface area (Å²) < 4.78 is 11.8. The van der Waals surface area contributed by atoms with E-state index in [-0.39, 0.29) is 5.83 Å². The molecule has 0 amide bonds. The number of allylic oxidation sites excluding steroid dienone is 2. The lowest BCUT2D eigenvalue weighted by atomic mass is 10.5. The Morgan fingerprint density at radius 1 is 1.86 bits per heavy atom. The van der Waals surface area contributed by atoms with Crippen LogP contribution in [0.25, 0.3) is 0 Å². The fourth-order valence-electron chi connectivity index (χ4n) is 0.197. The molecule has 0 radical (unpaired) electrons. The predicted molar refractivity (Wildman–Crippen MR) is 28.4 cm³/mol. The minimum Gasteiger partial charge on any atom is -0.392 e. The van der Waals surface area contributed by atoms with E-state index in [9.17, 15) is 4.39 Å². The summed E-state index contributed by atoms with van der Waals surface area (Å²) in [5, 5.41) is 2.51. The summed E-state index contributed by atoms with van der Waals surface area (Å²) in [7, 11) is 1.63. The van der Waals surface area contributed by atoms with Crippen molar-refractivity contribution in [1.29, 1.82) is 0 Å². The van der Waals surface area contributed by atoms with Gasteiger partial charge in [-0.15, -0.1) is 0 Å².